The van der Waals surface area contributed by atoms with E-state index in [0.29, 0.717) is 21.3 Å². The van der Waals surface area contributed by atoms with E-state index in [1.165, 1.54) is 28.4 Å². The smallest absolute Gasteiger partial charge is 0.315 e. The summed E-state index contributed by atoms with van der Waals surface area (Å²) in [4.78, 5) is 23.7. The highest BCUT2D eigenvalue weighted by Crippen LogP contribution is 2.52. The number of phenols is 2. The van der Waals surface area contributed by atoms with Crippen molar-refractivity contribution in [3.63, 3.8) is 0 Å². The first-order chi connectivity index (χ1) is 14.4. The standard InChI is InChI=1S/C20H22O8S2/c1-25-11-5-7-13(29-9-15(21)27-3)19(23)17(11)18-12(26-2)6-8-14(20(18)24)30-10-16(22)28-4/h5-8,23-24H,9-10H2,1-4H3. The molecule has 0 heterocycles. The molecule has 2 N–H and O–H groups in total. The minimum absolute atomic E-state index is 0.00599. The van der Waals surface area contributed by atoms with Crippen LogP contribution in [0.15, 0.2) is 34.1 Å². The first-order valence-corrected chi connectivity index (χ1v) is 10.5. The van der Waals surface area contributed by atoms with Crippen LogP contribution in [0.4, 0.5) is 0 Å². The van der Waals surface area contributed by atoms with Gasteiger partial charge in [-0.1, -0.05) is 0 Å². The molecule has 8 nitrogen and oxygen atoms in total. The fourth-order valence-corrected chi connectivity index (χ4v) is 4.14. The summed E-state index contributed by atoms with van der Waals surface area (Å²) in [7, 11) is 5.42. The zero-order valence-electron chi connectivity index (χ0n) is 16.9. The lowest BCUT2D eigenvalue weighted by molar-refractivity contribution is -0.138. The lowest BCUT2D eigenvalue weighted by Crippen LogP contribution is -2.03. The zero-order valence-corrected chi connectivity index (χ0v) is 18.5. The summed E-state index contributed by atoms with van der Waals surface area (Å²) in [6, 6.07) is 6.43. The highest BCUT2D eigenvalue weighted by atomic mass is 32.2. The number of rotatable bonds is 9. The second-order valence-electron chi connectivity index (χ2n) is 5.71. The van der Waals surface area contributed by atoms with Crippen LogP contribution in [0, 0.1) is 0 Å². The van der Waals surface area contributed by atoms with E-state index in [0.717, 1.165) is 23.5 Å². The molecule has 2 aromatic carbocycles. The number of methoxy groups -OCH3 is 4. The maximum Gasteiger partial charge on any atom is 0.315 e. The Hall–Kier alpha value is -2.72. The predicted molar refractivity (Wildman–Crippen MR) is 114 cm³/mol. The molecule has 2 aromatic rings. The molecule has 0 aromatic heterocycles. The van der Waals surface area contributed by atoms with Crippen molar-refractivity contribution in [1.29, 1.82) is 0 Å². The molecular weight excluding hydrogens is 432 g/mol. The second kappa shape index (κ2) is 10.9. The molecule has 2 rings (SSSR count). The molecule has 30 heavy (non-hydrogen) atoms. The summed E-state index contributed by atoms with van der Waals surface area (Å²) in [6.07, 6.45) is 0. The number of ether oxygens (including phenoxy) is 4. The van der Waals surface area contributed by atoms with Crippen molar-refractivity contribution in [2.24, 2.45) is 0 Å². The monoisotopic (exact) mass is 454 g/mol. The molecule has 0 atom stereocenters. The highest BCUT2D eigenvalue weighted by molar-refractivity contribution is 8.00. The summed E-state index contributed by atoms with van der Waals surface area (Å²) in [5, 5.41) is 21.9. The van der Waals surface area contributed by atoms with Gasteiger partial charge in [0.2, 0.25) is 0 Å². The van der Waals surface area contributed by atoms with Gasteiger partial charge in [-0.15, -0.1) is 23.5 Å². The molecule has 10 heteroatoms. The molecule has 0 fully saturated rings. The fraction of sp³-hybridized carbons (Fsp3) is 0.300. The molecule has 0 aliphatic heterocycles. The maximum absolute atomic E-state index is 11.5. The Kier molecular flexibility index (Phi) is 8.55. The topological polar surface area (TPSA) is 112 Å². The van der Waals surface area contributed by atoms with Crippen molar-refractivity contribution in [1.82, 2.24) is 0 Å². The van der Waals surface area contributed by atoms with Gasteiger partial charge in [-0.05, 0) is 24.3 Å². The molecule has 0 saturated carbocycles. The molecule has 0 spiro atoms. The number of phenolic OH excluding ortho intramolecular Hbond substituents is 2. The van der Waals surface area contributed by atoms with Gasteiger partial charge in [-0.3, -0.25) is 9.59 Å². The molecular formula is C20H22O8S2. The number of carbonyl (C=O) groups excluding carboxylic acids is 2. The Labute approximate surface area is 182 Å². The van der Waals surface area contributed by atoms with Gasteiger partial charge in [0.25, 0.3) is 0 Å². The summed E-state index contributed by atoms with van der Waals surface area (Å²) < 4.78 is 20.0. The van der Waals surface area contributed by atoms with Crippen molar-refractivity contribution in [2.75, 3.05) is 39.9 Å². The number of thioether (sulfide) groups is 2. The third-order valence-corrected chi connectivity index (χ3v) is 6.08. The minimum Gasteiger partial charge on any atom is -0.506 e. The number of esters is 2. The molecule has 0 aliphatic rings. The van der Waals surface area contributed by atoms with Gasteiger partial charge in [-0.2, -0.15) is 0 Å². The Morgan fingerprint density at radius 1 is 0.733 bits per heavy atom. The third kappa shape index (κ3) is 5.25. The third-order valence-electron chi connectivity index (χ3n) is 4.04. The summed E-state index contributed by atoms with van der Waals surface area (Å²) in [5.74, 6) is -0.699. The number of aromatic hydroxyl groups is 2. The normalized spacial score (nSPS) is 10.4. The number of hydrogen-bond donors (Lipinski definition) is 2. The van der Waals surface area contributed by atoms with Crippen LogP contribution in [0.1, 0.15) is 0 Å². The molecule has 0 aliphatic carbocycles. The minimum atomic E-state index is -0.446. The van der Waals surface area contributed by atoms with Crippen molar-refractivity contribution >= 4 is 35.5 Å². The Bertz CT molecular complexity index is 854. The van der Waals surface area contributed by atoms with E-state index in [9.17, 15) is 19.8 Å². The van der Waals surface area contributed by atoms with Crippen molar-refractivity contribution in [2.45, 2.75) is 9.79 Å². The molecule has 0 bridgehead atoms. The maximum atomic E-state index is 11.5. The number of hydrogen-bond acceptors (Lipinski definition) is 10. The van der Waals surface area contributed by atoms with Crippen LogP contribution in [0.2, 0.25) is 0 Å². The molecule has 162 valence electrons. The predicted octanol–water partition coefficient (Wildman–Crippen LogP) is 3.31. The molecule has 0 unspecified atom stereocenters. The van der Waals surface area contributed by atoms with E-state index in [1.807, 2.05) is 0 Å². The van der Waals surface area contributed by atoms with Crippen molar-refractivity contribution in [3.8, 4) is 34.1 Å². The van der Waals surface area contributed by atoms with Gasteiger partial charge < -0.3 is 29.2 Å². The largest absolute Gasteiger partial charge is 0.506 e. The van der Waals surface area contributed by atoms with E-state index in [4.69, 9.17) is 9.47 Å². The van der Waals surface area contributed by atoms with Crippen LogP contribution in [-0.4, -0.2) is 62.1 Å². The Morgan fingerprint density at radius 3 is 1.40 bits per heavy atom. The molecule has 0 saturated heterocycles. The van der Waals surface area contributed by atoms with E-state index in [1.54, 1.807) is 24.3 Å². The van der Waals surface area contributed by atoms with Crippen LogP contribution >= 0.6 is 23.5 Å². The van der Waals surface area contributed by atoms with Crippen LogP contribution < -0.4 is 9.47 Å². The summed E-state index contributed by atoms with van der Waals surface area (Å²) >= 11 is 2.16. The lowest BCUT2D eigenvalue weighted by Gasteiger charge is -2.18. The van der Waals surface area contributed by atoms with E-state index in [-0.39, 0.29) is 34.1 Å². The van der Waals surface area contributed by atoms with Gasteiger partial charge in [0.15, 0.2) is 0 Å². The summed E-state index contributed by atoms with van der Waals surface area (Å²) in [6.45, 7) is 0. The van der Waals surface area contributed by atoms with Crippen molar-refractivity contribution < 1.29 is 38.7 Å². The van der Waals surface area contributed by atoms with Crippen LogP contribution in [0.25, 0.3) is 11.1 Å². The molecule has 0 radical (unpaired) electrons. The van der Waals surface area contributed by atoms with Crippen LogP contribution in [0.3, 0.4) is 0 Å². The average molecular weight is 455 g/mol. The Balaban J connectivity index is 2.59. The first kappa shape index (κ1) is 23.6. The van der Waals surface area contributed by atoms with Gasteiger partial charge in [0, 0.05) is 0 Å². The van der Waals surface area contributed by atoms with Gasteiger partial charge >= 0.3 is 11.9 Å². The average Bonchev–Trinajstić information content (AvgIpc) is 2.76. The van der Waals surface area contributed by atoms with Gasteiger partial charge in [-0.25, -0.2) is 0 Å². The second-order valence-corrected chi connectivity index (χ2v) is 7.74. The quantitative estimate of drug-likeness (QED) is 0.432. The fourth-order valence-electron chi connectivity index (χ4n) is 2.55. The van der Waals surface area contributed by atoms with Gasteiger partial charge in [0.05, 0.1) is 60.9 Å². The first-order valence-electron chi connectivity index (χ1n) is 8.57. The lowest BCUT2D eigenvalue weighted by atomic mass is 10.0. The molecule has 0 amide bonds. The summed E-state index contributed by atoms with van der Waals surface area (Å²) in [5.41, 5.74) is 0.393. The SMILES string of the molecule is COC(=O)CSc1ccc(OC)c(-c2c(OC)ccc(SCC(=O)OC)c2O)c1O. The number of carbonyl (C=O) groups is 2. The number of benzene rings is 2. The Morgan fingerprint density at radius 2 is 1.10 bits per heavy atom. The van der Waals surface area contributed by atoms with Crippen molar-refractivity contribution in [3.05, 3.63) is 24.3 Å². The van der Waals surface area contributed by atoms with E-state index >= 15 is 0 Å². The van der Waals surface area contributed by atoms with E-state index < -0.39 is 11.9 Å². The van der Waals surface area contributed by atoms with Crippen LogP contribution in [-0.2, 0) is 19.1 Å². The van der Waals surface area contributed by atoms with Gasteiger partial charge in [0.1, 0.15) is 23.0 Å². The van der Waals surface area contributed by atoms with E-state index in [2.05, 4.69) is 9.47 Å². The highest BCUT2D eigenvalue weighted by Gasteiger charge is 2.25. The zero-order chi connectivity index (χ0) is 22.3. The van der Waals surface area contributed by atoms with Crippen LogP contribution in [0.5, 0.6) is 23.0 Å².